The minimum Gasteiger partial charge on any atom is -0.486 e. The van der Waals surface area contributed by atoms with Crippen molar-refractivity contribution in [1.82, 2.24) is 9.97 Å². The van der Waals surface area contributed by atoms with Gasteiger partial charge in [0.1, 0.15) is 30.2 Å². The number of ether oxygens (including phenoxy) is 1. The van der Waals surface area contributed by atoms with Gasteiger partial charge in [0.2, 0.25) is 5.71 Å². The van der Waals surface area contributed by atoms with Crippen molar-refractivity contribution < 1.29 is 24.0 Å². The number of anilines is 1. The molecule has 0 fully saturated rings. The van der Waals surface area contributed by atoms with Crippen molar-refractivity contribution in [1.29, 1.82) is 0 Å². The molecule has 0 aliphatic heterocycles. The summed E-state index contributed by atoms with van der Waals surface area (Å²) in [5.74, 6) is 1.73. The number of nitrogen functional groups attached to an aromatic ring is 1. The van der Waals surface area contributed by atoms with Crippen molar-refractivity contribution in [2.75, 3.05) is 5.73 Å². The standard InChI is InChI=1S/C16H16BN3O5/c1-8-9(2)25-16-14(8)15(18)19-13(20-16)7-24-11-3-4-12(17(22)23)10(5-11)6-21/h3-6,22-23H,7H2,1-2H3,(H2,18,19,20). The first-order valence-corrected chi connectivity index (χ1v) is 7.51. The number of nitrogens with two attached hydrogens (primary N) is 1. The number of rotatable bonds is 5. The highest BCUT2D eigenvalue weighted by molar-refractivity contribution is 6.60. The van der Waals surface area contributed by atoms with Crippen LogP contribution in [0.1, 0.15) is 27.5 Å². The summed E-state index contributed by atoms with van der Waals surface area (Å²) >= 11 is 0. The van der Waals surface area contributed by atoms with Crippen molar-refractivity contribution in [2.45, 2.75) is 20.5 Å². The number of aryl methyl sites for hydroxylation is 2. The van der Waals surface area contributed by atoms with Crippen LogP contribution in [0.4, 0.5) is 5.82 Å². The second-order valence-corrected chi connectivity index (χ2v) is 5.56. The zero-order chi connectivity index (χ0) is 18.1. The number of hydrogen-bond acceptors (Lipinski definition) is 8. The van der Waals surface area contributed by atoms with Gasteiger partial charge >= 0.3 is 7.12 Å². The Bertz CT molecular complexity index is 955. The van der Waals surface area contributed by atoms with Gasteiger partial charge in [0.05, 0.1) is 5.39 Å². The normalized spacial score (nSPS) is 10.9. The lowest BCUT2D eigenvalue weighted by molar-refractivity contribution is 0.112. The number of carbonyl (C=O) groups excluding carboxylic acids is 1. The smallest absolute Gasteiger partial charge is 0.486 e. The van der Waals surface area contributed by atoms with E-state index in [2.05, 4.69) is 9.97 Å². The predicted octanol–water partition coefficient (Wildman–Crippen LogP) is 0.493. The van der Waals surface area contributed by atoms with Gasteiger partial charge in [-0.15, -0.1) is 0 Å². The number of benzene rings is 1. The lowest BCUT2D eigenvalue weighted by atomic mass is 9.77. The third-order valence-electron chi connectivity index (χ3n) is 3.93. The first-order valence-electron chi connectivity index (χ1n) is 7.51. The monoisotopic (exact) mass is 341 g/mol. The van der Waals surface area contributed by atoms with Gasteiger partial charge in [-0.3, -0.25) is 4.79 Å². The number of carbonyl (C=O) groups is 1. The summed E-state index contributed by atoms with van der Waals surface area (Å²) in [6.07, 6.45) is 0.524. The molecule has 0 aliphatic rings. The molecule has 0 bridgehead atoms. The Hall–Kier alpha value is -2.91. The number of fused-ring (bicyclic) bond motifs is 1. The molecule has 0 saturated heterocycles. The maximum absolute atomic E-state index is 11.1. The molecule has 2 aromatic heterocycles. The van der Waals surface area contributed by atoms with Crippen LogP contribution in [0, 0.1) is 13.8 Å². The fourth-order valence-corrected chi connectivity index (χ4v) is 2.52. The van der Waals surface area contributed by atoms with Gasteiger partial charge in [-0.05, 0) is 31.4 Å². The van der Waals surface area contributed by atoms with E-state index in [4.69, 9.17) is 14.9 Å². The van der Waals surface area contributed by atoms with E-state index in [1.165, 1.54) is 18.2 Å². The first kappa shape index (κ1) is 16.9. The van der Waals surface area contributed by atoms with Crippen LogP contribution in [-0.4, -0.2) is 33.4 Å². The maximum Gasteiger partial charge on any atom is 0.489 e. The molecule has 0 aliphatic carbocycles. The molecule has 0 saturated carbocycles. The molecule has 0 atom stereocenters. The summed E-state index contributed by atoms with van der Waals surface area (Å²) in [6.45, 7) is 3.72. The van der Waals surface area contributed by atoms with Gasteiger partial charge < -0.3 is 24.9 Å². The van der Waals surface area contributed by atoms with Crippen molar-refractivity contribution in [3.8, 4) is 5.75 Å². The van der Waals surface area contributed by atoms with Crippen LogP contribution in [0.25, 0.3) is 11.1 Å². The minimum atomic E-state index is -1.73. The molecular weight excluding hydrogens is 325 g/mol. The molecule has 3 aromatic rings. The molecule has 8 nitrogen and oxygen atoms in total. The Morgan fingerprint density at radius 2 is 2.08 bits per heavy atom. The van der Waals surface area contributed by atoms with Gasteiger partial charge in [0, 0.05) is 11.1 Å². The average molecular weight is 341 g/mol. The number of aldehydes is 1. The fourth-order valence-electron chi connectivity index (χ4n) is 2.52. The van der Waals surface area contributed by atoms with Crippen LogP contribution < -0.4 is 15.9 Å². The van der Waals surface area contributed by atoms with Crippen molar-refractivity contribution in [3.63, 3.8) is 0 Å². The predicted molar refractivity (Wildman–Crippen MR) is 91.7 cm³/mol. The highest BCUT2D eigenvalue weighted by Crippen LogP contribution is 2.27. The largest absolute Gasteiger partial charge is 0.489 e. The van der Waals surface area contributed by atoms with Crippen LogP contribution in [0.15, 0.2) is 22.6 Å². The maximum atomic E-state index is 11.1. The van der Waals surface area contributed by atoms with Crippen LogP contribution in [0.2, 0.25) is 0 Å². The number of furan rings is 1. The lowest BCUT2D eigenvalue weighted by Gasteiger charge is -2.09. The second kappa shape index (κ2) is 6.54. The van der Waals surface area contributed by atoms with E-state index in [-0.39, 0.29) is 17.6 Å². The van der Waals surface area contributed by atoms with E-state index in [9.17, 15) is 14.8 Å². The molecule has 0 amide bonds. The lowest BCUT2D eigenvalue weighted by Crippen LogP contribution is -2.32. The van der Waals surface area contributed by atoms with E-state index in [1.54, 1.807) is 0 Å². The van der Waals surface area contributed by atoms with E-state index in [1.807, 2.05) is 13.8 Å². The molecular formula is C16H16BN3O5. The molecule has 4 N–H and O–H groups in total. The van der Waals surface area contributed by atoms with Crippen LogP contribution in [-0.2, 0) is 6.61 Å². The number of nitrogens with zero attached hydrogens (tertiary/aromatic N) is 2. The summed E-state index contributed by atoms with van der Waals surface area (Å²) in [4.78, 5) is 19.6. The second-order valence-electron chi connectivity index (χ2n) is 5.56. The van der Waals surface area contributed by atoms with Gasteiger partial charge in [-0.2, -0.15) is 4.98 Å². The summed E-state index contributed by atoms with van der Waals surface area (Å²) < 4.78 is 11.1. The Kier molecular flexibility index (Phi) is 4.43. The Morgan fingerprint density at radius 3 is 2.76 bits per heavy atom. The van der Waals surface area contributed by atoms with Crippen LogP contribution in [0.5, 0.6) is 5.75 Å². The quantitative estimate of drug-likeness (QED) is 0.451. The number of hydrogen-bond donors (Lipinski definition) is 3. The van der Waals surface area contributed by atoms with Crippen molar-refractivity contribution >= 4 is 35.8 Å². The minimum absolute atomic E-state index is 0.0122. The topological polar surface area (TPSA) is 132 Å². The molecule has 0 radical (unpaired) electrons. The van der Waals surface area contributed by atoms with Gasteiger partial charge in [-0.25, -0.2) is 4.98 Å². The summed E-state index contributed by atoms with van der Waals surface area (Å²) in [5.41, 5.74) is 7.49. The van der Waals surface area contributed by atoms with Crippen LogP contribution >= 0.6 is 0 Å². The van der Waals surface area contributed by atoms with E-state index in [0.29, 0.717) is 34.8 Å². The van der Waals surface area contributed by atoms with Gasteiger partial charge in [-0.1, -0.05) is 6.07 Å². The van der Waals surface area contributed by atoms with Gasteiger partial charge in [0.25, 0.3) is 0 Å². The van der Waals surface area contributed by atoms with Crippen LogP contribution in [0.3, 0.4) is 0 Å². The Balaban J connectivity index is 1.84. The van der Waals surface area contributed by atoms with E-state index >= 15 is 0 Å². The number of aromatic nitrogens is 2. The molecule has 25 heavy (non-hydrogen) atoms. The zero-order valence-electron chi connectivity index (χ0n) is 13.7. The third kappa shape index (κ3) is 3.19. The Labute approximate surface area is 143 Å². The highest BCUT2D eigenvalue weighted by atomic mass is 16.5. The van der Waals surface area contributed by atoms with E-state index in [0.717, 1.165) is 11.3 Å². The van der Waals surface area contributed by atoms with Crippen molar-refractivity contribution in [3.05, 3.63) is 40.9 Å². The Morgan fingerprint density at radius 1 is 1.32 bits per heavy atom. The zero-order valence-corrected chi connectivity index (χ0v) is 13.7. The molecule has 2 heterocycles. The summed E-state index contributed by atoms with van der Waals surface area (Å²) in [6, 6.07) is 4.33. The molecule has 3 rings (SSSR count). The first-order chi connectivity index (χ1) is 11.9. The summed E-state index contributed by atoms with van der Waals surface area (Å²) in [5, 5.41) is 19.1. The fraction of sp³-hybridized carbons (Fsp3) is 0.188. The molecule has 0 spiro atoms. The summed E-state index contributed by atoms with van der Waals surface area (Å²) in [7, 11) is -1.73. The molecule has 9 heteroatoms. The average Bonchev–Trinajstić information content (AvgIpc) is 2.87. The van der Waals surface area contributed by atoms with E-state index < -0.39 is 7.12 Å². The van der Waals surface area contributed by atoms with Gasteiger partial charge in [0.15, 0.2) is 5.82 Å². The third-order valence-corrected chi connectivity index (χ3v) is 3.93. The van der Waals surface area contributed by atoms with Crippen molar-refractivity contribution in [2.24, 2.45) is 0 Å². The molecule has 1 aromatic carbocycles. The molecule has 128 valence electrons. The SMILES string of the molecule is Cc1oc2nc(COc3ccc(B(O)O)c(C=O)c3)nc(N)c2c1C. The highest BCUT2D eigenvalue weighted by Gasteiger charge is 2.17. The molecule has 0 unspecified atom stereocenters.